The number of hydrogen-bond acceptors (Lipinski definition) is 4. The summed E-state index contributed by atoms with van der Waals surface area (Å²) in [6.45, 7) is 1.41. The van der Waals surface area contributed by atoms with Crippen molar-refractivity contribution in [3.63, 3.8) is 0 Å². The van der Waals surface area contributed by atoms with Gasteiger partial charge in [-0.25, -0.2) is 0 Å². The van der Waals surface area contributed by atoms with Gasteiger partial charge in [-0.15, -0.1) is 10.2 Å². The van der Waals surface area contributed by atoms with Gasteiger partial charge >= 0.3 is 0 Å². The average Bonchev–Trinajstić information content (AvgIpc) is 2.32. The first kappa shape index (κ1) is 12.1. The summed E-state index contributed by atoms with van der Waals surface area (Å²) in [6.07, 6.45) is 0. The van der Waals surface area contributed by atoms with Crippen LogP contribution in [0.5, 0.6) is 5.88 Å². The van der Waals surface area contributed by atoms with Crippen LogP contribution in [0.3, 0.4) is 0 Å². The van der Waals surface area contributed by atoms with Gasteiger partial charge in [-0.05, 0) is 20.2 Å². The Morgan fingerprint density at radius 3 is 2.59 bits per heavy atom. The number of fused-ring (bicyclic) bond motifs is 1. The molecule has 0 N–H and O–H groups in total. The van der Waals surface area contributed by atoms with Crippen LogP contribution < -0.4 is 4.74 Å². The Morgan fingerprint density at radius 2 is 1.88 bits per heavy atom. The van der Waals surface area contributed by atoms with E-state index in [2.05, 4.69) is 10.2 Å². The van der Waals surface area contributed by atoms with Crippen molar-refractivity contribution < 1.29 is 4.74 Å². The fourth-order valence-corrected chi connectivity index (χ4v) is 1.68. The van der Waals surface area contributed by atoms with Gasteiger partial charge in [0, 0.05) is 17.3 Å². The van der Waals surface area contributed by atoms with Crippen molar-refractivity contribution in [1.82, 2.24) is 15.1 Å². The molecule has 1 aromatic carbocycles. The lowest BCUT2D eigenvalue weighted by Gasteiger charge is -2.11. The maximum atomic E-state index is 5.98. The molecule has 2 rings (SSSR count). The number of benzene rings is 1. The minimum absolute atomic E-state index is 0.403. The Labute approximate surface area is 105 Å². The molecule has 0 fully saturated rings. The number of halogens is 1. The third-order valence-corrected chi connectivity index (χ3v) is 2.66. The van der Waals surface area contributed by atoms with Gasteiger partial charge in [-0.3, -0.25) is 0 Å². The maximum Gasteiger partial charge on any atom is 0.241 e. The Balaban J connectivity index is 2.26. The van der Waals surface area contributed by atoms with Crippen LogP contribution in [0.4, 0.5) is 0 Å². The minimum atomic E-state index is 0.403. The van der Waals surface area contributed by atoms with Crippen LogP contribution in [-0.4, -0.2) is 42.3 Å². The molecule has 0 spiro atoms. The van der Waals surface area contributed by atoms with Gasteiger partial charge in [0.1, 0.15) is 6.61 Å². The maximum absolute atomic E-state index is 5.98. The molecule has 0 aliphatic heterocycles. The van der Waals surface area contributed by atoms with Crippen molar-refractivity contribution in [2.24, 2.45) is 0 Å². The van der Waals surface area contributed by atoms with E-state index in [4.69, 9.17) is 16.3 Å². The van der Waals surface area contributed by atoms with Crippen LogP contribution in [0.1, 0.15) is 0 Å². The van der Waals surface area contributed by atoms with Crippen LogP contribution in [0.2, 0.25) is 5.15 Å². The van der Waals surface area contributed by atoms with Crippen molar-refractivity contribution in [1.29, 1.82) is 0 Å². The largest absolute Gasteiger partial charge is 0.475 e. The molecule has 0 aliphatic carbocycles. The lowest BCUT2D eigenvalue weighted by atomic mass is 10.2. The smallest absolute Gasteiger partial charge is 0.241 e. The van der Waals surface area contributed by atoms with E-state index in [0.29, 0.717) is 17.6 Å². The van der Waals surface area contributed by atoms with E-state index in [-0.39, 0.29) is 0 Å². The third kappa shape index (κ3) is 2.84. The second-order valence-electron chi connectivity index (χ2n) is 3.99. The van der Waals surface area contributed by atoms with E-state index < -0.39 is 0 Å². The van der Waals surface area contributed by atoms with Gasteiger partial charge in [-0.2, -0.15) is 0 Å². The molecule has 17 heavy (non-hydrogen) atoms. The summed E-state index contributed by atoms with van der Waals surface area (Å²) in [5.41, 5.74) is 0. The van der Waals surface area contributed by atoms with Gasteiger partial charge in [0.2, 0.25) is 5.88 Å². The number of ether oxygens (including phenoxy) is 1. The van der Waals surface area contributed by atoms with Gasteiger partial charge < -0.3 is 9.64 Å². The molecule has 0 bridgehead atoms. The molecule has 2 aromatic rings. The molecule has 4 nitrogen and oxygen atoms in total. The Morgan fingerprint density at radius 1 is 1.18 bits per heavy atom. The standard InChI is InChI=1S/C12H14ClN3O/c1-16(2)7-8-17-12-10-6-4-3-5-9(10)11(13)14-15-12/h3-6H,7-8H2,1-2H3. The van der Waals surface area contributed by atoms with E-state index in [0.717, 1.165) is 17.3 Å². The van der Waals surface area contributed by atoms with Gasteiger partial charge in [0.15, 0.2) is 5.15 Å². The molecule has 1 heterocycles. The van der Waals surface area contributed by atoms with Gasteiger partial charge in [0.25, 0.3) is 0 Å². The molecular formula is C12H14ClN3O. The highest BCUT2D eigenvalue weighted by atomic mass is 35.5. The zero-order chi connectivity index (χ0) is 12.3. The Bertz CT molecular complexity index is 516. The van der Waals surface area contributed by atoms with E-state index in [1.54, 1.807) is 0 Å². The first-order chi connectivity index (χ1) is 8.18. The second kappa shape index (κ2) is 5.29. The van der Waals surface area contributed by atoms with E-state index in [1.165, 1.54) is 0 Å². The molecule has 0 unspecified atom stereocenters. The summed E-state index contributed by atoms with van der Waals surface area (Å²) in [5.74, 6) is 0.534. The molecule has 0 saturated carbocycles. The Kier molecular flexibility index (Phi) is 3.76. The predicted molar refractivity (Wildman–Crippen MR) is 68.6 cm³/mol. The number of rotatable bonds is 4. The minimum Gasteiger partial charge on any atom is -0.475 e. The molecular weight excluding hydrogens is 238 g/mol. The van der Waals surface area contributed by atoms with Crippen LogP contribution in [-0.2, 0) is 0 Å². The van der Waals surface area contributed by atoms with Crippen LogP contribution in [0.25, 0.3) is 10.8 Å². The SMILES string of the molecule is CN(C)CCOc1nnc(Cl)c2ccccc12. The average molecular weight is 252 g/mol. The topological polar surface area (TPSA) is 38.2 Å². The van der Waals surface area contributed by atoms with Crippen LogP contribution >= 0.6 is 11.6 Å². The third-order valence-electron chi connectivity index (χ3n) is 2.39. The van der Waals surface area contributed by atoms with E-state index in [1.807, 2.05) is 43.3 Å². The summed E-state index contributed by atoms with van der Waals surface area (Å²) in [6, 6.07) is 7.69. The fourth-order valence-electron chi connectivity index (χ4n) is 1.48. The van der Waals surface area contributed by atoms with Crippen molar-refractivity contribution in [3.05, 3.63) is 29.4 Å². The highest BCUT2D eigenvalue weighted by molar-refractivity contribution is 6.34. The van der Waals surface area contributed by atoms with Crippen molar-refractivity contribution in [2.75, 3.05) is 27.2 Å². The first-order valence-corrected chi connectivity index (χ1v) is 5.74. The summed E-state index contributed by atoms with van der Waals surface area (Å²) < 4.78 is 5.61. The fraction of sp³-hybridized carbons (Fsp3) is 0.333. The van der Waals surface area contributed by atoms with Crippen molar-refractivity contribution in [2.45, 2.75) is 0 Å². The highest BCUT2D eigenvalue weighted by Gasteiger charge is 2.07. The molecule has 0 atom stereocenters. The van der Waals surface area contributed by atoms with Gasteiger partial charge in [-0.1, -0.05) is 29.8 Å². The number of hydrogen-bond donors (Lipinski definition) is 0. The molecule has 90 valence electrons. The lowest BCUT2D eigenvalue weighted by molar-refractivity contribution is 0.254. The molecule has 0 amide bonds. The predicted octanol–water partition coefficient (Wildman–Crippen LogP) is 2.22. The summed E-state index contributed by atoms with van der Waals surface area (Å²) in [4.78, 5) is 2.05. The quantitative estimate of drug-likeness (QED) is 0.835. The lowest BCUT2D eigenvalue weighted by Crippen LogP contribution is -2.19. The monoisotopic (exact) mass is 251 g/mol. The van der Waals surface area contributed by atoms with E-state index in [9.17, 15) is 0 Å². The van der Waals surface area contributed by atoms with Gasteiger partial charge in [0.05, 0.1) is 0 Å². The normalized spacial score (nSPS) is 11.1. The second-order valence-corrected chi connectivity index (χ2v) is 4.35. The summed E-state index contributed by atoms with van der Waals surface area (Å²) in [5, 5.41) is 10.0. The number of likely N-dealkylation sites (N-methyl/N-ethyl adjacent to an activating group) is 1. The zero-order valence-corrected chi connectivity index (χ0v) is 10.6. The highest BCUT2D eigenvalue weighted by Crippen LogP contribution is 2.26. The molecule has 0 radical (unpaired) electrons. The first-order valence-electron chi connectivity index (χ1n) is 5.37. The van der Waals surface area contributed by atoms with Crippen LogP contribution in [0.15, 0.2) is 24.3 Å². The molecule has 0 saturated heterocycles. The molecule has 0 aliphatic rings. The summed E-state index contributed by atoms with van der Waals surface area (Å²) in [7, 11) is 3.99. The van der Waals surface area contributed by atoms with Crippen molar-refractivity contribution in [3.8, 4) is 5.88 Å². The zero-order valence-electron chi connectivity index (χ0n) is 9.85. The Hall–Kier alpha value is -1.39. The van der Waals surface area contributed by atoms with Crippen LogP contribution in [0, 0.1) is 0 Å². The molecule has 5 heteroatoms. The molecule has 1 aromatic heterocycles. The van der Waals surface area contributed by atoms with E-state index >= 15 is 0 Å². The van der Waals surface area contributed by atoms with Crippen molar-refractivity contribution >= 4 is 22.4 Å². The summed E-state index contributed by atoms with van der Waals surface area (Å²) >= 11 is 5.98. The number of nitrogens with zero attached hydrogens (tertiary/aromatic N) is 3. The number of aromatic nitrogens is 2.